The summed E-state index contributed by atoms with van der Waals surface area (Å²) in [4.78, 5) is 59.6. The predicted octanol–water partition coefficient (Wildman–Crippen LogP) is 7.88. The number of nitrogens with zero attached hydrogens (tertiary/aromatic N) is 2. The van der Waals surface area contributed by atoms with Crippen LogP contribution in [0.3, 0.4) is 0 Å². The third-order valence-corrected chi connectivity index (χ3v) is 11.6. The normalized spacial score (nSPS) is 25.5. The molecule has 2 saturated carbocycles. The number of hydrogen-bond acceptors (Lipinski definition) is 6. The standard InChI is InChI=1S/C36H25BrCl2N2O5/c1-16-32(39)27(37)13-25-26(36(45)46-15-29(42)18-2-6-19(38)7-3-18)14-28(40-33(16)25)17-4-8-20(9-5-17)41-34(43)30-21-10-11-22(24-12-23(21)24)31(30)35(41)44/h2-11,13-14,21-24,30-31H,12,15H2,1H3. The molecule has 2 amide bonds. The first kappa shape index (κ1) is 29.5. The number of aromatic nitrogens is 1. The number of halogens is 3. The zero-order chi connectivity index (χ0) is 32.0. The van der Waals surface area contributed by atoms with Crippen molar-refractivity contribution in [1.29, 1.82) is 0 Å². The molecule has 7 nitrogen and oxygen atoms in total. The number of benzene rings is 3. The van der Waals surface area contributed by atoms with Crippen LogP contribution in [0.15, 0.2) is 77.3 Å². The number of ketones is 1. The van der Waals surface area contributed by atoms with E-state index in [2.05, 4.69) is 28.1 Å². The van der Waals surface area contributed by atoms with Crippen molar-refractivity contribution in [3.63, 3.8) is 0 Å². The minimum absolute atomic E-state index is 0.120. The summed E-state index contributed by atoms with van der Waals surface area (Å²) in [5.41, 5.74) is 3.39. The molecule has 6 unspecified atom stereocenters. The van der Waals surface area contributed by atoms with E-state index >= 15 is 0 Å². The monoisotopic (exact) mass is 714 g/mol. The molecule has 230 valence electrons. The largest absolute Gasteiger partial charge is 0.454 e. The zero-order valence-corrected chi connectivity index (χ0v) is 27.5. The van der Waals surface area contributed by atoms with E-state index in [0.717, 1.165) is 6.42 Å². The van der Waals surface area contributed by atoms with Gasteiger partial charge in [-0.1, -0.05) is 47.5 Å². The summed E-state index contributed by atoms with van der Waals surface area (Å²) >= 11 is 15.9. The first-order chi connectivity index (χ1) is 22.1. The van der Waals surface area contributed by atoms with Crippen molar-refractivity contribution in [1.82, 2.24) is 4.98 Å². The molecule has 1 aliphatic heterocycles. The van der Waals surface area contributed by atoms with Gasteiger partial charge in [-0.15, -0.1) is 0 Å². The van der Waals surface area contributed by atoms with Gasteiger partial charge in [0.2, 0.25) is 11.8 Å². The zero-order valence-electron chi connectivity index (χ0n) is 24.4. The Kier molecular flexibility index (Phi) is 6.98. The number of amides is 2. The van der Waals surface area contributed by atoms with Crippen molar-refractivity contribution in [2.45, 2.75) is 13.3 Å². The van der Waals surface area contributed by atoms with Crippen molar-refractivity contribution in [2.75, 3.05) is 11.5 Å². The van der Waals surface area contributed by atoms with E-state index in [1.807, 2.05) is 6.92 Å². The fraction of sp³-hybridized carbons (Fsp3) is 0.250. The molecule has 5 aliphatic rings. The first-order valence-corrected chi connectivity index (χ1v) is 16.6. The average Bonchev–Trinajstić information content (AvgIpc) is 3.85. The number of carbonyl (C=O) groups excluding carboxylic acids is 4. The number of fused-ring (bicyclic) bond motifs is 1. The molecule has 6 atom stereocenters. The molecule has 46 heavy (non-hydrogen) atoms. The highest BCUT2D eigenvalue weighted by Gasteiger charge is 2.67. The topological polar surface area (TPSA) is 93.6 Å². The number of ether oxygens (including phenoxy) is 1. The molecule has 2 heterocycles. The van der Waals surface area contributed by atoms with Crippen LogP contribution in [0.2, 0.25) is 10.0 Å². The lowest BCUT2D eigenvalue weighted by atomic mass is 9.63. The number of carbonyl (C=O) groups is 4. The molecule has 3 aromatic carbocycles. The minimum Gasteiger partial charge on any atom is -0.454 e. The number of Topliss-reactive ketones (excluding diaryl/α,β-unsaturated/α-hetero) is 1. The molecule has 9 rings (SSSR count). The Balaban J connectivity index is 1.11. The number of aryl methyl sites for hydroxylation is 1. The molecule has 1 saturated heterocycles. The van der Waals surface area contributed by atoms with E-state index in [4.69, 9.17) is 32.9 Å². The van der Waals surface area contributed by atoms with Crippen LogP contribution >= 0.6 is 39.1 Å². The van der Waals surface area contributed by atoms with Gasteiger partial charge in [-0.3, -0.25) is 19.3 Å². The van der Waals surface area contributed by atoms with Gasteiger partial charge in [0.1, 0.15) is 0 Å². The van der Waals surface area contributed by atoms with Crippen LogP contribution in [0.1, 0.15) is 32.7 Å². The van der Waals surface area contributed by atoms with Crippen LogP contribution in [0.5, 0.6) is 0 Å². The van der Waals surface area contributed by atoms with Crippen LogP contribution in [-0.4, -0.2) is 35.2 Å². The summed E-state index contributed by atoms with van der Waals surface area (Å²) in [5, 5.41) is 1.46. The van der Waals surface area contributed by atoms with Gasteiger partial charge in [0.05, 0.1) is 39.3 Å². The summed E-state index contributed by atoms with van der Waals surface area (Å²) in [7, 11) is 0. The number of rotatable bonds is 6. The fourth-order valence-electron chi connectivity index (χ4n) is 7.70. The van der Waals surface area contributed by atoms with Gasteiger partial charge in [-0.25, -0.2) is 9.78 Å². The van der Waals surface area contributed by atoms with Crippen molar-refractivity contribution >= 4 is 79.3 Å². The number of anilines is 1. The Morgan fingerprint density at radius 3 is 2.20 bits per heavy atom. The smallest absolute Gasteiger partial charge is 0.339 e. The lowest BCUT2D eigenvalue weighted by Gasteiger charge is -2.37. The molecule has 4 aliphatic carbocycles. The third kappa shape index (κ3) is 4.56. The van der Waals surface area contributed by atoms with Gasteiger partial charge in [0, 0.05) is 26.0 Å². The predicted molar refractivity (Wildman–Crippen MR) is 178 cm³/mol. The van der Waals surface area contributed by atoms with Crippen LogP contribution in [0, 0.1) is 42.4 Å². The molecule has 1 aromatic heterocycles. The number of allylic oxidation sites excluding steroid dienone is 2. The Bertz CT molecular complexity index is 2010. The summed E-state index contributed by atoms with van der Waals surface area (Å²) in [5.74, 6) is -0.498. The fourth-order valence-corrected chi connectivity index (χ4v) is 8.49. The van der Waals surface area contributed by atoms with Crippen LogP contribution in [-0.2, 0) is 14.3 Å². The van der Waals surface area contributed by atoms with Crippen molar-refractivity contribution in [3.8, 4) is 11.3 Å². The highest BCUT2D eigenvalue weighted by atomic mass is 79.9. The molecule has 0 spiro atoms. The Hall–Kier alpha value is -3.85. The van der Waals surface area contributed by atoms with E-state index in [-0.39, 0.29) is 46.8 Å². The second-order valence-electron chi connectivity index (χ2n) is 12.5. The van der Waals surface area contributed by atoms with Crippen LogP contribution in [0.4, 0.5) is 5.69 Å². The molecule has 3 fully saturated rings. The molecule has 0 N–H and O–H groups in total. The number of esters is 1. The SMILES string of the molecule is Cc1c(Cl)c(Br)cc2c(C(=O)OCC(=O)c3ccc(Cl)cc3)cc(-c3ccc(N4C(=O)C5C6C=CC(C7CC67)C5C4=O)cc3)nc12. The van der Waals surface area contributed by atoms with E-state index in [1.54, 1.807) is 60.7 Å². The van der Waals surface area contributed by atoms with Gasteiger partial charge >= 0.3 is 5.97 Å². The maximum absolute atomic E-state index is 13.6. The lowest BCUT2D eigenvalue weighted by Crippen LogP contribution is -2.40. The van der Waals surface area contributed by atoms with Gasteiger partial charge < -0.3 is 4.74 Å². The molecule has 2 bridgehead atoms. The quantitative estimate of drug-likeness (QED) is 0.0873. The van der Waals surface area contributed by atoms with Crippen molar-refractivity contribution in [2.24, 2.45) is 35.5 Å². The summed E-state index contributed by atoms with van der Waals surface area (Å²) < 4.78 is 6.08. The number of hydrogen-bond donors (Lipinski definition) is 0. The van der Waals surface area contributed by atoms with Crippen LogP contribution in [0.25, 0.3) is 22.2 Å². The maximum Gasteiger partial charge on any atom is 0.339 e. The average molecular weight is 716 g/mol. The van der Waals surface area contributed by atoms with E-state index in [9.17, 15) is 19.2 Å². The second kappa shape index (κ2) is 10.9. The summed E-state index contributed by atoms with van der Waals surface area (Å²) in [6.07, 6.45) is 5.43. The highest BCUT2D eigenvalue weighted by molar-refractivity contribution is 9.10. The number of imide groups is 1. The highest BCUT2D eigenvalue weighted by Crippen LogP contribution is 2.65. The van der Waals surface area contributed by atoms with Gasteiger partial charge in [-0.05, 0) is 107 Å². The molecular formula is C36H25BrCl2N2O5. The lowest BCUT2D eigenvalue weighted by molar-refractivity contribution is -0.124. The van der Waals surface area contributed by atoms with Gasteiger partial charge in [0.25, 0.3) is 0 Å². The van der Waals surface area contributed by atoms with Crippen LogP contribution < -0.4 is 4.90 Å². The maximum atomic E-state index is 13.6. The number of pyridine rings is 1. The van der Waals surface area contributed by atoms with E-state index in [0.29, 0.717) is 65.3 Å². The van der Waals surface area contributed by atoms with Crippen molar-refractivity contribution < 1.29 is 23.9 Å². The third-order valence-electron chi connectivity index (χ3n) is 10.0. The van der Waals surface area contributed by atoms with E-state index in [1.165, 1.54) is 4.90 Å². The second-order valence-corrected chi connectivity index (χ2v) is 14.1. The van der Waals surface area contributed by atoms with Crippen molar-refractivity contribution in [3.05, 3.63) is 104 Å². The minimum atomic E-state index is -0.696. The van der Waals surface area contributed by atoms with Gasteiger partial charge in [-0.2, -0.15) is 0 Å². The molecule has 10 heteroatoms. The van der Waals surface area contributed by atoms with Gasteiger partial charge in [0.15, 0.2) is 12.4 Å². The first-order valence-electron chi connectivity index (χ1n) is 15.0. The summed E-state index contributed by atoms with van der Waals surface area (Å²) in [6, 6.07) is 16.7. The Morgan fingerprint density at radius 1 is 0.935 bits per heavy atom. The Morgan fingerprint density at radius 2 is 1.57 bits per heavy atom. The molecular weight excluding hydrogens is 691 g/mol. The summed E-state index contributed by atoms with van der Waals surface area (Å²) in [6.45, 7) is 1.35. The van der Waals surface area contributed by atoms with E-state index < -0.39 is 12.6 Å². The molecule has 4 aromatic rings. The molecule has 0 radical (unpaired) electrons. The Labute approximate surface area is 282 Å².